The highest BCUT2D eigenvalue weighted by Gasteiger charge is 2.44. The van der Waals surface area contributed by atoms with E-state index in [0.717, 1.165) is 32.0 Å². The Kier molecular flexibility index (Phi) is 3.81. The van der Waals surface area contributed by atoms with Gasteiger partial charge in [0.1, 0.15) is 0 Å². The summed E-state index contributed by atoms with van der Waals surface area (Å²) in [6.07, 6.45) is 7.60. The van der Waals surface area contributed by atoms with Crippen molar-refractivity contribution >= 4 is 0 Å². The lowest BCUT2D eigenvalue weighted by Crippen LogP contribution is -2.61. The first kappa shape index (κ1) is 13.3. The lowest BCUT2D eigenvalue weighted by Gasteiger charge is -2.51. The average Bonchev–Trinajstić information content (AvgIpc) is 2.79. The Bertz CT molecular complexity index is 261. The monoisotopic (exact) mass is 240 g/mol. The third-order valence-corrected chi connectivity index (χ3v) is 4.82. The molecule has 1 saturated carbocycles. The number of nitrogens with zero attached hydrogens (tertiary/aromatic N) is 1. The van der Waals surface area contributed by atoms with Crippen LogP contribution in [-0.4, -0.2) is 42.3 Å². The van der Waals surface area contributed by atoms with Crippen LogP contribution >= 0.6 is 0 Å². The lowest BCUT2D eigenvalue weighted by atomic mass is 9.79. The van der Waals surface area contributed by atoms with Gasteiger partial charge in [0, 0.05) is 24.7 Å². The minimum Gasteiger partial charge on any atom is -0.375 e. The Morgan fingerprint density at radius 2 is 1.94 bits per heavy atom. The van der Waals surface area contributed by atoms with E-state index in [4.69, 9.17) is 10.5 Å². The van der Waals surface area contributed by atoms with E-state index in [1.807, 2.05) is 0 Å². The first-order valence-electron chi connectivity index (χ1n) is 7.06. The molecule has 0 radical (unpaired) electrons. The Morgan fingerprint density at radius 1 is 1.29 bits per heavy atom. The molecule has 2 aliphatic rings. The molecule has 3 nitrogen and oxygen atoms in total. The summed E-state index contributed by atoms with van der Waals surface area (Å²) < 4.78 is 5.85. The first-order valence-corrected chi connectivity index (χ1v) is 7.06. The molecule has 1 aliphatic heterocycles. The van der Waals surface area contributed by atoms with Gasteiger partial charge in [0.25, 0.3) is 0 Å². The highest BCUT2D eigenvalue weighted by molar-refractivity contribution is 5.00. The molecule has 17 heavy (non-hydrogen) atoms. The van der Waals surface area contributed by atoms with Crippen LogP contribution in [0.1, 0.15) is 52.4 Å². The van der Waals surface area contributed by atoms with Gasteiger partial charge in [0.05, 0.1) is 5.60 Å². The summed E-state index contributed by atoms with van der Waals surface area (Å²) in [6, 6.07) is 0.743. The van der Waals surface area contributed by atoms with Crippen molar-refractivity contribution in [3.63, 3.8) is 0 Å². The zero-order chi connectivity index (χ0) is 12.5. The molecule has 2 rings (SSSR count). The van der Waals surface area contributed by atoms with Crippen LogP contribution in [0.4, 0.5) is 0 Å². The van der Waals surface area contributed by atoms with Crippen molar-refractivity contribution in [3.8, 4) is 0 Å². The smallest absolute Gasteiger partial charge is 0.0644 e. The summed E-state index contributed by atoms with van der Waals surface area (Å²) in [5.74, 6) is 0. The Morgan fingerprint density at radius 3 is 2.47 bits per heavy atom. The van der Waals surface area contributed by atoms with Crippen molar-refractivity contribution in [2.24, 2.45) is 5.73 Å². The minimum absolute atomic E-state index is 0.0233. The molecule has 1 unspecified atom stereocenters. The van der Waals surface area contributed by atoms with Crippen molar-refractivity contribution < 1.29 is 4.74 Å². The Balaban J connectivity index is 2.12. The van der Waals surface area contributed by atoms with Crippen molar-refractivity contribution in [2.45, 2.75) is 69.6 Å². The largest absolute Gasteiger partial charge is 0.375 e. The quantitative estimate of drug-likeness (QED) is 0.821. The highest BCUT2D eigenvalue weighted by Crippen LogP contribution is 2.38. The van der Waals surface area contributed by atoms with Crippen molar-refractivity contribution in [3.05, 3.63) is 0 Å². The van der Waals surface area contributed by atoms with E-state index in [1.165, 1.54) is 25.7 Å². The van der Waals surface area contributed by atoms with Gasteiger partial charge in [-0.15, -0.1) is 0 Å². The van der Waals surface area contributed by atoms with Gasteiger partial charge in [-0.05, 0) is 46.6 Å². The van der Waals surface area contributed by atoms with Crippen molar-refractivity contribution in [1.29, 1.82) is 0 Å². The predicted molar refractivity (Wildman–Crippen MR) is 71.1 cm³/mol. The molecule has 0 aromatic rings. The van der Waals surface area contributed by atoms with Gasteiger partial charge >= 0.3 is 0 Å². The van der Waals surface area contributed by atoms with Crippen LogP contribution in [0, 0.1) is 0 Å². The third-order valence-electron chi connectivity index (χ3n) is 4.82. The fourth-order valence-corrected chi connectivity index (χ4v) is 3.75. The Labute approximate surface area is 106 Å². The maximum atomic E-state index is 6.13. The van der Waals surface area contributed by atoms with Crippen LogP contribution in [0.15, 0.2) is 0 Å². The number of ether oxygens (including phenoxy) is 1. The normalized spacial score (nSPS) is 34.4. The second-order valence-electron chi connectivity index (χ2n) is 6.51. The number of rotatable bonds is 3. The molecular weight excluding hydrogens is 212 g/mol. The van der Waals surface area contributed by atoms with Gasteiger partial charge in [0.2, 0.25) is 0 Å². The van der Waals surface area contributed by atoms with Gasteiger partial charge in [-0.1, -0.05) is 12.8 Å². The Hall–Kier alpha value is -0.120. The molecule has 100 valence electrons. The van der Waals surface area contributed by atoms with Crippen LogP contribution in [0.25, 0.3) is 0 Å². The molecule has 1 saturated heterocycles. The van der Waals surface area contributed by atoms with Crippen LogP contribution in [-0.2, 0) is 4.74 Å². The van der Waals surface area contributed by atoms with Gasteiger partial charge < -0.3 is 10.5 Å². The predicted octanol–water partition coefficient (Wildman–Crippen LogP) is 2.15. The number of nitrogens with two attached hydrogens (primary N) is 1. The maximum absolute atomic E-state index is 6.13. The molecule has 0 spiro atoms. The summed E-state index contributed by atoms with van der Waals surface area (Å²) in [5, 5.41) is 0. The van der Waals surface area contributed by atoms with E-state index in [0.29, 0.717) is 0 Å². The molecule has 0 bridgehead atoms. The van der Waals surface area contributed by atoms with E-state index in [1.54, 1.807) is 0 Å². The van der Waals surface area contributed by atoms with Crippen LogP contribution in [0.2, 0.25) is 0 Å². The van der Waals surface area contributed by atoms with Crippen molar-refractivity contribution in [2.75, 3.05) is 20.2 Å². The fraction of sp³-hybridized carbons (Fsp3) is 1.00. The van der Waals surface area contributed by atoms with Crippen molar-refractivity contribution in [1.82, 2.24) is 4.90 Å². The van der Waals surface area contributed by atoms with Crippen LogP contribution < -0.4 is 5.73 Å². The zero-order valence-electron chi connectivity index (χ0n) is 11.7. The number of hydrogen-bond donors (Lipinski definition) is 1. The van der Waals surface area contributed by atoms with Gasteiger partial charge in [-0.3, -0.25) is 4.90 Å². The standard InChI is InChI=1S/C14H28N2O/c1-13(2)10-14(11-15,8-9-17-13)16(3)12-6-4-5-7-12/h12H,4-11,15H2,1-3H3. The van der Waals surface area contributed by atoms with E-state index in [9.17, 15) is 0 Å². The summed E-state index contributed by atoms with van der Waals surface area (Å²) in [7, 11) is 2.28. The van der Waals surface area contributed by atoms with Crippen LogP contribution in [0.5, 0.6) is 0 Å². The molecule has 2 N–H and O–H groups in total. The summed E-state index contributed by atoms with van der Waals surface area (Å²) in [5.41, 5.74) is 6.27. The van der Waals surface area contributed by atoms with E-state index in [-0.39, 0.29) is 11.1 Å². The number of likely N-dealkylation sites (N-methyl/N-ethyl adjacent to an activating group) is 1. The fourth-order valence-electron chi connectivity index (χ4n) is 3.75. The molecule has 2 fully saturated rings. The van der Waals surface area contributed by atoms with Crippen LogP contribution in [0.3, 0.4) is 0 Å². The second-order valence-corrected chi connectivity index (χ2v) is 6.51. The molecular formula is C14H28N2O. The number of hydrogen-bond acceptors (Lipinski definition) is 3. The van der Waals surface area contributed by atoms with E-state index < -0.39 is 0 Å². The SMILES string of the molecule is CN(C1CCCC1)C1(CN)CCOC(C)(C)C1. The summed E-state index contributed by atoms with van der Waals surface area (Å²) in [6.45, 7) is 5.99. The highest BCUT2D eigenvalue weighted by atomic mass is 16.5. The lowest BCUT2D eigenvalue weighted by molar-refractivity contribution is -0.120. The molecule has 3 heteroatoms. The average molecular weight is 240 g/mol. The van der Waals surface area contributed by atoms with Gasteiger partial charge in [-0.2, -0.15) is 0 Å². The first-order chi connectivity index (χ1) is 7.99. The van der Waals surface area contributed by atoms with Gasteiger partial charge in [-0.25, -0.2) is 0 Å². The zero-order valence-corrected chi connectivity index (χ0v) is 11.7. The maximum Gasteiger partial charge on any atom is 0.0644 e. The second kappa shape index (κ2) is 4.87. The third kappa shape index (κ3) is 2.67. The molecule has 1 aliphatic carbocycles. The molecule has 1 heterocycles. The molecule has 0 aromatic heterocycles. The minimum atomic E-state index is -0.0233. The van der Waals surface area contributed by atoms with Gasteiger partial charge in [0.15, 0.2) is 0 Å². The van der Waals surface area contributed by atoms with E-state index >= 15 is 0 Å². The van der Waals surface area contributed by atoms with E-state index in [2.05, 4.69) is 25.8 Å². The summed E-state index contributed by atoms with van der Waals surface area (Å²) in [4.78, 5) is 2.59. The molecule has 1 atom stereocenters. The molecule has 0 aromatic carbocycles. The summed E-state index contributed by atoms with van der Waals surface area (Å²) >= 11 is 0. The molecule has 0 amide bonds. The topological polar surface area (TPSA) is 38.5 Å².